The molecule has 0 saturated carbocycles. The van der Waals surface area contributed by atoms with Crippen LogP contribution in [-0.2, 0) is 6.54 Å². The van der Waals surface area contributed by atoms with Gasteiger partial charge in [-0.3, -0.25) is 4.90 Å². The predicted molar refractivity (Wildman–Crippen MR) is 122 cm³/mol. The zero-order valence-electron chi connectivity index (χ0n) is 17.5. The van der Waals surface area contributed by atoms with Gasteiger partial charge in [0, 0.05) is 54.4 Å². The number of fused-ring (bicyclic) bond motifs is 1. The summed E-state index contributed by atoms with van der Waals surface area (Å²) in [5.74, 6) is 0.514. The summed E-state index contributed by atoms with van der Waals surface area (Å²) in [6, 6.07) is 15.8. The van der Waals surface area contributed by atoms with Gasteiger partial charge in [-0.1, -0.05) is 37.6 Å². The van der Waals surface area contributed by atoms with Crippen molar-refractivity contribution in [2.45, 2.75) is 32.9 Å². The monoisotopic (exact) mass is 425 g/mol. The van der Waals surface area contributed by atoms with Crippen molar-refractivity contribution in [1.29, 1.82) is 0 Å². The summed E-state index contributed by atoms with van der Waals surface area (Å²) in [6.07, 6.45) is 2.64. The minimum atomic E-state index is -0.0438. The highest BCUT2D eigenvalue weighted by Crippen LogP contribution is 2.23. The number of nitrogens with one attached hydrogen (secondary N) is 1. The molecule has 0 radical (unpaired) electrons. The summed E-state index contributed by atoms with van der Waals surface area (Å²) in [5.41, 5.74) is 2.78. The highest BCUT2D eigenvalue weighted by atomic mass is 35.5. The number of rotatable bonds is 5. The SMILES string of the molecule is CC(C)CC1CN(Cc2ccc(Cl)cc2)CCN1C(=O)Nc1ccc2ccoc2c1. The molecule has 0 aliphatic carbocycles. The largest absolute Gasteiger partial charge is 0.464 e. The zero-order chi connectivity index (χ0) is 21.1. The molecule has 1 saturated heterocycles. The number of carbonyl (C=O) groups excluding carboxylic acids is 1. The van der Waals surface area contributed by atoms with Gasteiger partial charge in [0.15, 0.2) is 0 Å². The molecule has 2 heterocycles. The van der Waals surface area contributed by atoms with Crippen LogP contribution in [0.25, 0.3) is 11.0 Å². The van der Waals surface area contributed by atoms with Crippen molar-refractivity contribution in [2.24, 2.45) is 5.92 Å². The molecule has 5 nitrogen and oxygen atoms in total. The molecule has 2 amide bonds. The number of furan rings is 1. The maximum atomic E-state index is 13.1. The van der Waals surface area contributed by atoms with E-state index in [1.807, 2.05) is 41.3 Å². The van der Waals surface area contributed by atoms with Crippen molar-refractivity contribution in [3.05, 3.63) is 65.4 Å². The number of benzene rings is 2. The molecule has 1 atom stereocenters. The number of nitrogens with zero attached hydrogens (tertiary/aromatic N) is 2. The maximum Gasteiger partial charge on any atom is 0.322 e. The Labute approximate surface area is 182 Å². The average Bonchev–Trinajstić information content (AvgIpc) is 3.17. The van der Waals surface area contributed by atoms with Crippen molar-refractivity contribution in [3.8, 4) is 0 Å². The lowest BCUT2D eigenvalue weighted by molar-refractivity contribution is 0.0855. The Morgan fingerprint density at radius 2 is 1.97 bits per heavy atom. The smallest absolute Gasteiger partial charge is 0.322 e. The van der Waals surface area contributed by atoms with Gasteiger partial charge in [-0.05, 0) is 48.2 Å². The molecule has 1 aromatic heterocycles. The fraction of sp³-hybridized carbons (Fsp3) is 0.375. The van der Waals surface area contributed by atoms with E-state index >= 15 is 0 Å². The first-order valence-corrected chi connectivity index (χ1v) is 10.9. The fourth-order valence-corrected chi connectivity index (χ4v) is 4.28. The van der Waals surface area contributed by atoms with Crippen molar-refractivity contribution in [2.75, 3.05) is 25.0 Å². The molecule has 3 aromatic rings. The Kier molecular flexibility index (Phi) is 6.30. The molecule has 1 aliphatic rings. The van der Waals surface area contributed by atoms with E-state index in [9.17, 15) is 4.79 Å². The van der Waals surface area contributed by atoms with E-state index in [0.717, 1.165) is 47.7 Å². The summed E-state index contributed by atoms with van der Waals surface area (Å²) in [6.45, 7) is 7.71. The molecule has 1 fully saturated rings. The number of hydrogen-bond acceptors (Lipinski definition) is 3. The van der Waals surface area contributed by atoms with Crippen molar-refractivity contribution < 1.29 is 9.21 Å². The van der Waals surface area contributed by atoms with Gasteiger partial charge in [-0.25, -0.2) is 4.79 Å². The Bertz CT molecular complexity index is 999. The van der Waals surface area contributed by atoms with E-state index < -0.39 is 0 Å². The number of hydrogen-bond donors (Lipinski definition) is 1. The topological polar surface area (TPSA) is 48.7 Å². The van der Waals surface area contributed by atoms with Crippen molar-refractivity contribution >= 4 is 34.3 Å². The number of amides is 2. The van der Waals surface area contributed by atoms with Crippen LogP contribution >= 0.6 is 11.6 Å². The molecule has 30 heavy (non-hydrogen) atoms. The third-order valence-electron chi connectivity index (χ3n) is 5.60. The normalized spacial score (nSPS) is 17.6. The van der Waals surface area contributed by atoms with Gasteiger partial charge in [0.05, 0.1) is 6.26 Å². The summed E-state index contributed by atoms with van der Waals surface area (Å²) in [5, 5.41) is 4.85. The molecule has 2 aromatic carbocycles. The number of halogens is 1. The van der Waals surface area contributed by atoms with Gasteiger partial charge in [0.25, 0.3) is 0 Å². The van der Waals surface area contributed by atoms with Crippen LogP contribution in [0, 0.1) is 5.92 Å². The molecule has 1 aliphatic heterocycles. The average molecular weight is 426 g/mol. The van der Waals surface area contributed by atoms with Gasteiger partial charge < -0.3 is 14.6 Å². The number of urea groups is 1. The van der Waals surface area contributed by atoms with Crippen LogP contribution < -0.4 is 5.32 Å². The molecule has 0 spiro atoms. The highest BCUT2D eigenvalue weighted by Gasteiger charge is 2.31. The van der Waals surface area contributed by atoms with Gasteiger partial charge in [-0.2, -0.15) is 0 Å². The summed E-state index contributed by atoms with van der Waals surface area (Å²) < 4.78 is 5.46. The Morgan fingerprint density at radius 3 is 2.73 bits per heavy atom. The van der Waals surface area contributed by atoms with Gasteiger partial charge in [0.1, 0.15) is 5.58 Å². The first-order chi connectivity index (χ1) is 14.5. The number of piperazine rings is 1. The second-order valence-electron chi connectivity index (χ2n) is 8.44. The van der Waals surface area contributed by atoms with Crippen LogP contribution in [0.5, 0.6) is 0 Å². The van der Waals surface area contributed by atoms with E-state index in [-0.39, 0.29) is 12.1 Å². The van der Waals surface area contributed by atoms with E-state index in [1.54, 1.807) is 6.26 Å². The third-order valence-corrected chi connectivity index (χ3v) is 5.85. The third kappa shape index (κ3) is 4.97. The first-order valence-electron chi connectivity index (χ1n) is 10.5. The molecule has 0 bridgehead atoms. The lowest BCUT2D eigenvalue weighted by Gasteiger charge is -2.42. The molecule has 1 unspecified atom stereocenters. The molecular weight excluding hydrogens is 398 g/mol. The van der Waals surface area contributed by atoms with Crippen LogP contribution in [0.1, 0.15) is 25.8 Å². The number of carbonyl (C=O) groups is 1. The second-order valence-corrected chi connectivity index (χ2v) is 8.88. The Morgan fingerprint density at radius 1 is 1.17 bits per heavy atom. The molecule has 4 rings (SSSR count). The van der Waals surface area contributed by atoms with Crippen LogP contribution in [0.15, 0.2) is 59.2 Å². The van der Waals surface area contributed by atoms with Crippen LogP contribution in [-0.4, -0.2) is 41.5 Å². The highest BCUT2D eigenvalue weighted by molar-refractivity contribution is 6.30. The Balaban J connectivity index is 1.43. The quantitative estimate of drug-likeness (QED) is 0.557. The zero-order valence-corrected chi connectivity index (χ0v) is 18.2. The predicted octanol–water partition coefficient (Wildman–Crippen LogP) is 5.85. The maximum absolute atomic E-state index is 13.1. The molecule has 6 heteroatoms. The summed E-state index contributed by atoms with van der Waals surface area (Å²) >= 11 is 6.01. The van der Waals surface area contributed by atoms with Crippen LogP contribution in [0.3, 0.4) is 0 Å². The second kappa shape index (κ2) is 9.11. The van der Waals surface area contributed by atoms with E-state index in [2.05, 4.69) is 36.2 Å². The van der Waals surface area contributed by atoms with Gasteiger partial charge >= 0.3 is 6.03 Å². The van der Waals surface area contributed by atoms with Gasteiger partial charge in [0.2, 0.25) is 0 Å². The molecule has 1 N–H and O–H groups in total. The van der Waals surface area contributed by atoms with Crippen molar-refractivity contribution in [1.82, 2.24) is 9.80 Å². The van der Waals surface area contributed by atoms with E-state index in [0.29, 0.717) is 12.5 Å². The van der Waals surface area contributed by atoms with E-state index in [4.69, 9.17) is 16.0 Å². The van der Waals surface area contributed by atoms with Crippen LogP contribution in [0.2, 0.25) is 5.02 Å². The minimum absolute atomic E-state index is 0.0438. The first kappa shape index (κ1) is 20.8. The Hall–Kier alpha value is -2.50. The summed E-state index contributed by atoms with van der Waals surface area (Å²) in [4.78, 5) is 17.5. The van der Waals surface area contributed by atoms with Gasteiger partial charge in [-0.15, -0.1) is 0 Å². The molecule has 158 valence electrons. The van der Waals surface area contributed by atoms with Crippen LogP contribution in [0.4, 0.5) is 10.5 Å². The number of anilines is 1. The molecular formula is C24H28ClN3O2. The van der Waals surface area contributed by atoms with E-state index in [1.165, 1.54) is 5.56 Å². The van der Waals surface area contributed by atoms with Crippen molar-refractivity contribution in [3.63, 3.8) is 0 Å². The minimum Gasteiger partial charge on any atom is -0.464 e. The fourth-order valence-electron chi connectivity index (χ4n) is 4.15. The standard InChI is InChI=1S/C24H28ClN3O2/c1-17(2)13-22-16-27(15-18-3-6-20(25)7-4-18)10-11-28(22)24(29)26-21-8-5-19-9-12-30-23(19)14-21/h3-9,12,14,17,22H,10-11,13,15-16H2,1-2H3,(H,26,29). The lowest BCUT2D eigenvalue weighted by Crippen LogP contribution is -2.56. The lowest BCUT2D eigenvalue weighted by atomic mass is 10.00. The summed E-state index contributed by atoms with van der Waals surface area (Å²) in [7, 11) is 0.